The summed E-state index contributed by atoms with van der Waals surface area (Å²) >= 11 is 0. The second-order valence-corrected chi connectivity index (χ2v) is 11.0. The summed E-state index contributed by atoms with van der Waals surface area (Å²) in [6.07, 6.45) is 2.26. The van der Waals surface area contributed by atoms with E-state index in [1.54, 1.807) is 24.1 Å². The SMILES string of the molecule is CCCC(=O)n1nnnc1-c1ccccc1-c1ccc(CNC2(C(=O)OC)CCCN2C(=O)Cc2ccc(OCOC)cc2)cc1. The Labute approximate surface area is 267 Å². The molecule has 1 aromatic heterocycles. The highest BCUT2D eigenvalue weighted by atomic mass is 16.7. The molecule has 1 unspecified atom stereocenters. The van der Waals surface area contributed by atoms with Crippen LogP contribution in [0.2, 0.25) is 0 Å². The van der Waals surface area contributed by atoms with E-state index >= 15 is 0 Å². The maximum atomic E-state index is 13.5. The summed E-state index contributed by atoms with van der Waals surface area (Å²) in [6.45, 7) is 2.84. The van der Waals surface area contributed by atoms with Gasteiger partial charge in [-0.05, 0) is 64.1 Å². The van der Waals surface area contributed by atoms with Crippen LogP contribution in [0.1, 0.15) is 48.5 Å². The van der Waals surface area contributed by atoms with E-state index in [0.717, 1.165) is 27.8 Å². The lowest BCUT2D eigenvalue weighted by Crippen LogP contribution is -2.62. The Kier molecular flexibility index (Phi) is 10.5. The van der Waals surface area contributed by atoms with Crippen molar-refractivity contribution in [1.82, 2.24) is 30.4 Å². The molecule has 12 nitrogen and oxygen atoms in total. The molecule has 0 saturated carbocycles. The van der Waals surface area contributed by atoms with Crippen molar-refractivity contribution in [2.24, 2.45) is 0 Å². The maximum absolute atomic E-state index is 13.5. The third-order valence-electron chi connectivity index (χ3n) is 8.01. The monoisotopic (exact) mass is 626 g/mol. The van der Waals surface area contributed by atoms with Gasteiger partial charge >= 0.3 is 5.97 Å². The number of amides is 1. The van der Waals surface area contributed by atoms with Crippen LogP contribution >= 0.6 is 0 Å². The van der Waals surface area contributed by atoms with Gasteiger partial charge in [0.2, 0.25) is 11.8 Å². The van der Waals surface area contributed by atoms with Gasteiger partial charge in [0.05, 0.1) is 13.5 Å². The molecular weight excluding hydrogens is 588 g/mol. The quantitative estimate of drug-likeness (QED) is 0.130. The van der Waals surface area contributed by atoms with Crippen molar-refractivity contribution < 1.29 is 28.6 Å². The zero-order chi connectivity index (χ0) is 32.5. The van der Waals surface area contributed by atoms with Crippen LogP contribution in [-0.2, 0) is 32.0 Å². The number of rotatable bonds is 13. The molecule has 1 fully saturated rings. The van der Waals surface area contributed by atoms with E-state index in [1.807, 2.05) is 67.6 Å². The average molecular weight is 627 g/mol. The number of aromatic nitrogens is 4. The normalized spacial score (nSPS) is 15.9. The fourth-order valence-corrected chi connectivity index (χ4v) is 5.72. The Morgan fingerprint density at radius 2 is 1.63 bits per heavy atom. The van der Waals surface area contributed by atoms with Crippen LogP contribution in [0.4, 0.5) is 0 Å². The smallest absolute Gasteiger partial charge is 0.347 e. The lowest BCUT2D eigenvalue weighted by molar-refractivity contribution is -0.162. The first-order valence-corrected chi connectivity index (χ1v) is 15.2. The molecule has 1 aliphatic rings. The van der Waals surface area contributed by atoms with Crippen LogP contribution in [0.5, 0.6) is 5.75 Å². The zero-order valence-corrected chi connectivity index (χ0v) is 26.3. The molecule has 1 amide bonds. The summed E-state index contributed by atoms with van der Waals surface area (Å²) in [4.78, 5) is 41.0. The Morgan fingerprint density at radius 3 is 2.33 bits per heavy atom. The first-order chi connectivity index (χ1) is 22.4. The predicted molar refractivity (Wildman–Crippen MR) is 169 cm³/mol. The number of carbonyl (C=O) groups is 3. The molecule has 0 spiro atoms. The topological polar surface area (TPSA) is 138 Å². The van der Waals surface area contributed by atoms with Crippen molar-refractivity contribution in [3.63, 3.8) is 0 Å². The minimum atomic E-state index is -1.28. The van der Waals surface area contributed by atoms with E-state index in [-0.39, 0.29) is 25.0 Å². The van der Waals surface area contributed by atoms with E-state index in [0.29, 0.717) is 50.3 Å². The number of esters is 1. The van der Waals surface area contributed by atoms with Crippen molar-refractivity contribution in [2.75, 3.05) is 27.6 Å². The number of hydrogen-bond donors (Lipinski definition) is 1. The number of nitrogens with zero attached hydrogens (tertiary/aromatic N) is 5. The van der Waals surface area contributed by atoms with Gasteiger partial charge in [0.25, 0.3) is 0 Å². The van der Waals surface area contributed by atoms with Crippen LogP contribution in [0.25, 0.3) is 22.5 Å². The highest BCUT2D eigenvalue weighted by molar-refractivity contribution is 5.89. The molecule has 240 valence electrons. The van der Waals surface area contributed by atoms with Gasteiger partial charge in [0, 0.05) is 32.2 Å². The summed E-state index contributed by atoms with van der Waals surface area (Å²) in [5.74, 6) is 0.196. The second-order valence-electron chi connectivity index (χ2n) is 11.0. The first-order valence-electron chi connectivity index (χ1n) is 15.2. The molecular formula is C34H38N6O6. The number of ether oxygens (including phenoxy) is 3. The Morgan fingerprint density at radius 1 is 0.913 bits per heavy atom. The lowest BCUT2D eigenvalue weighted by Gasteiger charge is -2.37. The van der Waals surface area contributed by atoms with Crippen molar-refractivity contribution in [3.05, 3.63) is 83.9 Å². The second kappa shape index (κ2) is 14.9. The van der Waals surface area contributed by atoms with Crippen LogP contribution in [0.3, 0.4) is 0 Å². The summed E-state index contributed by atoms with van der Waals surface area (Å²) in [5.41, 5.74) is 2.97. The van der Waals surface area contributed by atoms with Crippen molar-refractivity contribution >= 4 is 17.8 Å². The molecule has 1 atom stereocenters. The highest BCUT2D eigenvalue weighted by Crippen LogP contribution is 2.32. The molecule has 0 radical (unpaired) electrons. The number of hydrogen-bond acceptors (Lipinski definition) is 10. The molecule has 1 N–H and O–H groups in total. The van der Waals surface area contributed by atoms with Gasteiger partial charge in [0.1, 0.15) is 5.75 Å². The standard InChI is InChI=1S/C34H38N6O6/c1-4-8-30(41)40-32(36-37-38-40)29-10-6-5-9-28(29)26-15-11-25(12-16-26)22-35-34(33(43)45-3)19-7-20-39(34)31(42)21-24-13-17-27(18-14-24)46-23-44-2/h5-6,9-18,35H,4,7-8,19-23H2,1-3H3. The summed E-state index contributed by atoms with van der Waals surface area (Å²) in [5, 5.41) is 15.2. The van der Waals surface area contributed by atoms with Crippen molar-refractivity contribution in [1.29, 1.82) is 0 Å². The van der Waals surface area contributed by atoms with E-state index in [2.05, 4.69) is 20.8 Å². The minimum Gasteiger partial charge on any atom is -0.468 e. The molecule has 5 rings (SSSR count). The number of benzene rings is 3. The molecule has 2 heterocycles. The summed E-state index contributed by atoms with van der Waals surface area (Å²) < 4.78 is 16.8. The maximum Gasteiger partial charge on any atom is 0.347 e. The van der Waals surface area contributed by atoms with Crippen molar-refractivity contribution in [3.8, 4) is 28.3 Å². The third kappa shape index (κ3) is 6.98. The van der Waals surface area contributed by atoms with E-state index < -0.39 is 11.6 Å². The van der Waals surface area contributed by atoms with Crippen LogP contribution in [0, 0.1) is 0 Å². The van der Waals surface area contributed by atoms with E-state index in [1.165, 1.54) is 11.8 Å². The van der Waals surface area contributed by atoms with Gasteiger partial charge in [-0.2, -0.15) is 4.68 Å². The Bertz CT molecular complexity index is 1660. The van der Waals surface area contributed by atoms with Gasteiger partial charge in [-0.1, -0.05) is 67.6 Å². The largest absolute Gasteiger partial charge is 0.468 e. The molecule has 1 saturated heterocycles. The Hall–Kier alpha value is -4.94. The summed E-state index contributed by atoms with van der Waals surface area (Å²) in [6, 6.07) is 22.8. The molecule has 12 heteroatoms. The average Bonchev–Trinajstić information content (AvgIpc) is 3.76. The number of carbonyl (C=O) groups excluding carboxylic acids is 3. The zero-order valence-electron chi connectivity index (χ0n) is 26.3. The molecule has 0 aliphatic carbocycles. The molecule has 4 aromatic rings. The fourth-order valence-electron chi connectivity index (χ4n) is 5.72. The highest BCUT2D eigenvalue weighted by Gasteiger charge is 2.50. The van der Waals surface area contributed by atoms with E-state index in [4.69, 9.17) is 14.2 Å². The van der Waals surface area contributed by atoms with Gasteiger partial charge in [-0.3, -0.25) is 14.9 Å². The first kappa shape index (κ1) is 32.5. The number of tetrazole rings is 1. The van der Waals surface area contributed by atoms with Gasteiger partial charge in [-0.25, -0.2) is 4.79 Å². The lowest BCUT2D eigenvalue weighted by atomic mass is 9.98. The van der Waals surface area contributed by atoms with Gasteiger partial charge in [0.15, 0.2) is 18.3 Å². The molecule has 3 aromatic carbocycles. The Balaban J connectivity index is 1.31. The number of likely N-dealkylation sites (tertiary alicyclic amines) is 1. The van der Waals surface area contributed by atoms with Crippen LogP contribution in [0.15, 0.2) is 72.8 Å². The predicted octanol–water partition coefficient (Wildman–Crippen LogP) is 4.25. The van der Waals surface area contributed by atoms with Crippen molar-refractivity contribution in [2.45, 2.75) is 51.2 Å². The van der Waals surface area contributed by atoms with Crippen LogP contribution < -0.4 is 10.1 Å². The fraction of sp³-hybridized carbons (Fsp3) is 0.353. The molecule has 0 bridgehead atoms. The number of methoxy groups -OCH3 is 2. The van der Waals surface area contributed by atoms with E-state index in [9.17, 15) is 14.4 Å². The minimum absolute atomic E-state index is 0.131. The summed E-state index contributed by atoms with van der Waals surface area (Å²) in [7, 11) is 2.89. The number of nitrogens with one attached hydrogen (secondary N) is 1. The van der Waals surface area contributed by atoms with Gasteiger partial charge < -0.3 is 19.1 Å². The third-order valence-corrected chi connectivity index (χ3v) is 8.01. The van der Waals surface area contributed by atoms with Gasteiger partial charge in [-0.15, -0.1) is 5.10 Å². The molecule has 46 heavy (non-hydrogen) atoms. The van der Waals surface area contributed by atoms with Crippen LogP contribution in [-0.4, -0.2) is 76.1 Å². The molecule has 1 aliphatic heterocycles.